The molecule has 1 aromatic carbocycles. The second-order valence-electron chi connectivity index (χ2n) is 4.96. The van der Waals surface area contributed by atoms with Gasteiger partial charge in [0.1, 0.15) is 5.75 Å². The van der Waals surface area contributed by atoms with E-state index in [9.17, 15) is 4.79 Å². The molecule has 4 nitrogen and oxygen atoms in total. The van der Waals surface area contributed by atoms with Crippen molar-refractivity contribution >= 4 is 17.5 Å². The van der Waals surface area contributed by atoms with Crippen LogP contribution < -0.4 is 10.1 Å². The molecule has 1 rings (SSSR count). The van der Waals surface area contributed by atoms with Gasteiger partial charge < -0.3 is 15.0 Å². The number of para-hydroxylation sites is 1. The average molecular weight is 299 g/mol. The molecule has 0 saturated heterocycles. The predicted molar refractivity (Wildman–Crippen MR) is 82.2 cm³/mol. The summed E-state index contributed by atoms with van der Waals surface area (Å²) in [5.41, 5.74) is 0.957. The Morgan fingerprint density at radius 1 is 1.45 bits per heavy atom. The minimum atomic E-state index is -0.0600. The number of hydrogen-bond donors (Lipinski definition) is 1. The molecule has 0 aliphatic heterocycles. The monoisotopic (exact) mass is 298 g/mol. The van der Waals surface area contributed by atoms with Crippen molar-refractivity contribution in [2.45, 2.75) is 33.4 Å². The number of amides is 1. The fourth-order valence-electron chi connectivity index (χ4n) is 1.59. The van der Waals surface area contributed by atoms with Crippen molar-refractivity contribution in [3.05, 3.63) is 28.8 Å². The number of rotatable bonds is 7. The van der Waals surface area contributed by atoms with Gasteiger partial charge in [-0.2, -0.15) is 0 Å². The summed E-state index contributed by atoms with van der Waals surface area (Å²) in [5.74, 6) is 0.523. The van der Waals surface area contributed by atoms with Crippen LogP contribution in [0, 0.1) is 0 Å². The quantitative estimate of drug-likeness (QED) is 0.841. The van der Waals surface area contributed by atoms with Gasteiger partial charge in [-0.3, -0.25) is 4.79 Å². The van der Waals surface area contributed by atoms with Gasteiger partial charge in [0, 0.05) is 31.7 Å². The third-order valence-corrected chi connectivity index (χ3v) is 3.29. The van der Waals surface area contributed by atoms with Crippen molar-refractivity contribution < 1.29 is 9.53 Å². The number of ether oxygens (including phenoxy) is 1. The molecule has 5 heteroatoms. The van der Waals surface area contributed by atoms with E-state index < -0.39 is 0 Å². The van der Waals surface area contributed by atoms with E-state index in [0.29, 0.717) is 29.9 Å². The minimum Gasteiger partial charge on any atom is -0.482 e. The molecule has 1 amide bonds. The van der Waals surface area contributed by atoms with Crippen molar-refractivity contribution in [3.8, 4) is 5.75 Å². The molecule has 0 aliphatic rings. The molecule has 20 heavy (non-hydrogen) atoms. The molecule has 1 N–H and O–H groups in total. The lowest BCUT2D eigenvalue weighted by molar-refractivity contribution is -0.131. The van der Waals surface area contributed by atoms with Crippen LogP contribution in [0.2, 0.25) is 5.02 Å². The first kappa shape index (κ1) is 16.8. The Kier molecular flexibility index (Phi) is 6.82. The molecule has 0 fully saturated rings. The van der Waals surface area contributed by atoms with Crippen LogP contribution in [0.25, 0.3) is 0 Å². The number of carbonyl (C=O) groups is 1. The summed E-state index contributed by atoms with van der Waals surface area (Å²) in [5, 5.41) is 3.84. The average Bonchev–Trinajstić information content (AvgIpc) is 2.42. The molecule has 0 aliphatic carbocycles. The standard InChI is InChI=1S/C15H23ClN2O2/c1-5-18(4)14(19)10-20-15-12(9-17-11(2)3)7-6-8-13(15)16/h6-8,11,17H,5,9-10H2,1-4H3. The highest BCUT2D eigenvalue weighted by atomic mass is 35.5. The summed E-state index contributed by atoms with van der Waals surface area (Å²) >= 11 is 6.16. The Morgan fingerprint density at radius 2 is 2.15 bits per heavy atom. The van der Waals surface area contributed by atoms with Crippen molar-refractivity contribution in [2.24, 2.45) is 0 Å². The molecule has 0 spiro atoms. The number of nitrogens with one attached hydrogen (secondary N) is 1. The van der Waals surface area contributed by atoms with Crippen molar-refractivity contribution in [1.82, 2.24) is 10.2 Å². The molecular weight excluding hydrogens is 276 g/mol. The third kappa shape index (κ3) is 5.02. The van der Waals surface area contributed by atoms with E-state index in [1.165, 1.54) is 0 Å². The normalized spacial score (nSPS) is 10.7. The van der Waals surface area contributed by atoms with E-state index >= 15 is 0 Å². The maximum Gasteiger partial charge on any atom is 0.260 e. The fraction of sp³-hybridized carbons (Fsp3) is 0.533. The van der Waals surface area contributed by atoms with Crippen LogP contribution in [0.15, 0.2) is 18.2 Å². The summed E-state index contributed by atoms with van der Waals surface area (Å²) in [4.78, 5) is 13.4. The van der Waals surface area contributed by atoms with Crippen molar-refractivity contribution in [2.75, 3.05) is 20.2 Å². The van der Waals surface area contributed by atoms with E-state index in [4.69, 9.17) is 16.3 Å². The molecule has 0 unspecified atom stereocenters. The van der Waals surface area contributed by atoms with Gasteiger partial charge in [0.25, 0.3) is 5.91 Å². The number of nitrogens with zero attached hydrogens (tertiary/aromatic N) is 1. The van der Waals surface area contributed by atoms with Crippen molar-refractivity contribution in [3.63, 3.8) is 0 Å². The number of benzene rings is 1. The Bertz CT molecular complexity index is 449. The molecule has 0 atom stereocenters. The zero-order valence-corrected chi connectivity index (χ0v) is 13.3. The molecule has 0 radical (unpaired) electrons. The smallest absolute Gasteiger partial charge is 0.260 e. The van der Waals surface area contributed by atoms with Gasteiger partial charge >= 0.3 is 0 Å². The fourth-order valence-corrected chi connectivity index (χ4v) is 1.84. The van der Waals surface area contributed by atoms with E-state index in [0.717, 1.165) is 5.56 Å². The number of carbonyl (C=O) groups excluding carboxylic acids is 1. The van der Waals surface area contributed by atoms with Crippen LogP contribution in [0.3, 0.4) is 0 Å². The van der Waals surface area contributed by atoms with E-state index in [1.807, 2.05) is 19.1 Å². The summed E-state index contributed by atoms with van der Waals surface area (Å²) in [6.07, 6.45) is 0. The Labute approximate surface area is 126 Å². The highest BCUT2D eigenvalue weighted by molar-refractivity contribution is 6.32. The summed E-state index contributed by atoms with van der Waals surface area (Å²) in [6, 6.07) is 5.97. The maximum atomic E-state index is 11.8. The molecule has 0 bridgehead atoms. The van der Waals surface area contributed by atoms with Gasteiger partial charge in [-0.05, 0) is 13.0 Å². The highest BCUT2D eigenvalue weighted by Crippen LogP contribution is 2.28. The molecule has 112 valence electrons. The first-order chi connectivity index (χ1) is 9.45. The maximum absolute atomic E-state index is 11.8. The lowest BCUT2D eigenvalue weighted by Crippen LogP contribution is -2.31. The Morgan fingerprint density at radius 3 is 2.75 bits per heavy atom. The van der Waals surface area contributed by atoms with Crippen LogP contribution in [0.5, 0.6) is 5.75 Å². The van der Waals surface area contributed by atoms with Gasteiger partial charge in [-0.15, -0.1) is 0 Å². The zero-order chi connectivity index (χ0) is 15.1. The van der Waals surface area contributed by atoms with Gasteiger partial charge in [-0.1, -0.05) is 37.6 Å². The van der Waals surface area contributed by atoms with Gasteiger partial charge in [0.2, 0.25) is 0 Å². The van der Waals surface area contributed by atoms with Crippen LogP contribution in [-0.2, 0) is 11.3 Å². The van der Waals surface area contributed by atoms with Crippen LogP contribution in [0.4, 0.5) is 0 Å². The lowest BCUT2D eigenvalue weighted by Gasteiger charge is -2.17. The van der Waals surface area contributed by atoms with Crippen LogP contribution in [-0.4, -0.2) is 37.0 Å². The highest BCUT2D eigenvalue weighted by Gasteiger charge is 2.12. The number of hydrogen-bond acceptors (Lipinski definition) is 3. The molecule has 0 aromatic heterocycles. The second-order valence-corrected chi connectivity index (χ2v) is 5.37. The first-order valence-corrected chi connectivity index (χ1v) is 7.21. The summed E-state index contributed by atoms with van der Waals surface area (Å²) in [6.45, 7) is 7.39. The van der Waals surface area contributed by atoms with Crippen LogP contribution >= 0.6 is 11.6 Å². The van der Waals surface area contributed by atoms with E-state index in [2.05, 4.69) is 19.2 Å². The van der Waals surface area contributed by atoms with Gasteiger partial charge in [0.05, 0.1) is 5.02 Å². The van der Waals surface area contributed by atoms with Crippen LogP contribution in [0.1, 0.15) is 26.3 Å². The number of likely N-dealkylation sites (N-methyl/N-ethyl adjacent to an activating group) is 1. The molecular formula is C15H23ClN2O2. The number of halogens is 1. The second kappa shape index (κ2) is 8.12. The Balaban J connectivity index is 2.74. The minimum absolute atomic E-state index is 0.00273. The first-order valence-electron chi connectivity index (χ1n) is 6.83. The predicted octanol–water partition coefficient (Wildman–Crippen LogP) is 2.70. The van der Waals surface area contributed by atoms with E-state index in [-0.39, 0.29) is 12.5 Å². The molecule has 0 heterocycles. The molecule has 1 aromatic rings. The summed E-state index contributed by atoms with van der Waals surface area (Å²) in [7, 11) is 1.75. The van der Waals surface area contributed by atoms with Gasteiger partial charge in [0.15, 0.2) is 6.61 Å². The Hall–Kier alpha value is -1.26. The van der Waals surface area contributed by atoms with Crippen molar-refractivity contribution in [1.29, 1.82) is 0 Å². The summed E-state index contributed by atoms with van der Waals surface area (Å²) < 4.78 is 5.62. The van der Waals surface area contributed by atoms with E-state index in [1.54, 1.807) is 18.0 Å². The topological polar surface area (TPSA) is 41.6 Å². The zero-order valence-electron chi connectivity index (χ0n) is 12.6. The largest absolute Gasteiger partial charge is 0.482 e. The SMILES string of the molecule is CCN(C)C(=O)COc1c(Cl)cccc1CNC(C)C. The lowest BCUT2D eigenvalue weighted by atomic mass is 10.2. The third-order valence-electron chi connectivity index (χ3n) is 2.99. The van der Waals surface area contributed by atoms with Gasteiger partial charge in [-0.25, -0.2) is 0 Å². The molecule has 0 saturated carbocycles.